The second-order valence-corrected chi connectivity index (χ2v) is 4.28. The monoisotopic (exact) mass is 252 g/mol. The van der Waals surface area contributed by atoms with Crippen molar-refractivity contribution in [3.05, 3.63) is 34.3 Å². The number of benzene rings is 1. The molecule has 0 aliphatic rings. The van der Waals surface area contributed by atoms with Crippen molar-refractivity contribution in [2.24, 2.45) is 0 Å². The molecule has 0 saturated carbocycles. The van der Waals surface area contributed by atoms with E-state index in [1.165, 1.54) is 0 Å². The van der Waals surface area contributed by atoms with Gasteiger partial charge >= 0.3 is 5.76 Å². The molecule has 0 saturated heterocycles. The van der Waals surface area contributed by atoms with Gasteiger partial charge in [0.2, 0.25) is 0 Å². The zero-order valence-electron chi connectivity index (χ0n) is 10.1. The SMILES string of the molecule is CN(Cc1ccc2[nH]c(=O)oc2c1)C(CO)CO. The van der Waals surface area contributed by atoms with E-state index in [0.29, 0.717) is 17.6 Å². The smallest absolute Gasteiger partial charge is 0.408 e. The molecule has 1 aromatic heterocycles. The maximum absolute atomic E-state index is 11.0. The largest absolute Gasteiger partial charge is 0.417 e. The van der Waals surface area contributed by atoms with Crippen LogP contribution in [0.2, 0.25) is 0 Å². The van der Waals surface area contributed by atoms with Gasteiger partial charge < -0.3 is 14.6 Å². The number of nitrogens with one attached hydrogen (secondary N) is 1. The Morgan fingerprint density at radius 3 is 2.78 bits per heavy atom. The first-order chi connectivity index (χ1) is 8.63. The number of aliphatic hydroxyl groups is 2. The van der Waals surface area contributed by atoms with Crippen molar-refractivity contribution in [1.29, 1.82) is 0 Å². The first kappa shape index (κ1) is 12.8. The minimum Gasteiger partial charge on any atom is -0.408 e. The van der Waals surface area contributed by atoms with E-state index in [9.17, 15) is 4.79 Å². The second kappa shape index (κ2) is 5.34. The summed E-state index contributed by atoms with van der Waals surface area (Å²) < 4.78 is 4.97. The number of hydrogen-bond acceptors (Lipinski definition) is 5. The summed E-state index contributed by atoms with van der Waals surface area (Å²) in [5.41, 5.74) is 2.11. The van der Waals surface area contributed by atoms with Crippen molar-refractivity contribution in [3.8, 4) is 0 Å². The van der Waals surface area contributed by atoms with Gasteiger partial charge in [0.1, 0.15) is 0 Å². The molecule has 1 aromatic carbocycles. The number of fused-ring (bicyclic) bond motifs is 1. The van der Waals surface area contributed by atoms with E-state index in [0.717, 1.165) is 5.56 Å². The number of aromatic nitrogens is 1. The van der Waals surface area contributed by atoms with Crippen LogP contribution >= 0.6 is 0 Å². The number of oxazole rings is 1. The fraction of sp³-hybridized carbons (Fsp3) is 0.417. The normalized spacial score (nSPS) is 11.8. The van der Waals surface area contributed by atoms with Gasteiger partial charge in [0.25, 0.3) is 0 Å². The van der Waals surface area contributed by atoms with Crippen LogP contribution < -0.4 is 5.76 Å². The highest BCUT2D eigenvalue weighted by Crippen LogP contribution is 2.14. The zero-order chi connectivity index (χ0) is 13.1. The van der Waals surface area contributed by atoms with E-state index in [4.69, 9.17) is 14.6 Å². The van der Waals surface area contributed by atoms with Crippen molar-refractivity contribution in [2.75, 3.05) is 20.3 Å². The standard InChI is InChI=1S/C12H16N2O4/c1-14(9(6-15)7-16)5-8-2-3-10-11(4-8)18-12(17)13-10/h2-4,9,15-16H,5-7H2,1H3,(H,13,17). The molecule has 0 radical (unpaired) electrons. The first-order valence-corrected chi connectivity index (χ1v) is 5.67. The Bertz CT molecular complexity index is 571. The molecule has 3 N–H and O–H groups in total. The van der Waals surface area contributed by atoms with E-state index >= 15 is 0 Å². The van der Waals surface area contributed by atoms with Crippen LogP contribution in [-0.2, 0) is 6.54 Å². The number of aromatic amines is 1. The van der Waals surface area contributed by atoms with Crippen LogP contribution in [0, 0.1) is 0 Å². The predicted molar refractivity (Wildman–Crippen MR) is 66.3 cm³/mol. The minimum atomic E-state index is -0.473. The summed E-state index contributed by atoms with van der Waals surface area (Å²) >= 11 is 0. The van der Waals surface area contributed by atoms with Crippen molar-refractivity contribution >= 4 is 11.1 Å². The van der Waals surface area contributed by atoms with Crippen LogP contribution in [0.25, 0.3) is 11.1 Å². The van der Waals surface area contributed by atoms with Gasteiger partial charge in [-0.25, -0.2) is 4.79 Å². The van der Waals surface area contributed by atoms with E-state index in [1.54, 1.807) is 12.1 Å². The van der Waals surface area contributed by atoms with E-state index in [1.807, 2.05) is 18.0 Å². The maximum atomic E-state index is 11.0. The minimum absolute atomic E-state index is 0.103. The molecule has 6 nitrogen and oxygen atoms in total. The van der Waals surface area contributed by atoms with Gasteiger partial charge in [0, 0.05) is 6.54 Å². The molecule has 0 aliphatic carbocycles. The van der Waals surface area contributed by atoms with Crippen LogP contribution in [0.4, 0.5) is 0 Å². The third kappa shape index (κ3) is 2.61. The van der Waals surface area contributed by atoms with Gasteiger partial charge in [-0.2, -0.15) is 0 Å². The third-order valence-electron chi connectivity index (χ3n) is 2.96. The average Bonchev–Trinajstić information content (AvgIpc) is 2.70. The number of nitrogens with zero attached hydrogens (tertiary/aromatic N) is 1. The summed E-state index contributed by atoms with van der Waals surface area (Å²) in [4.78, 5) is 15.4. The first-order valence-electron chi connectivity index (χ1n) is 5.67. The average molecular weight is 252 g/mol. The highest BCUT2D eigenvalue weighted by Gasteiger charge is 2.13. The summed E-state index contributed by atoms with van der Waals surface area (Å²) in [6.45, 7) is 0.347. The maximum Gasteiger partial charge on any atom is 0.417 e. The molecule has 0 bridgehead atoms. The van der Waals surface area contributed by atoms with Crippen LogP contribution in [0.3, 0.4) is 0 Å². The van der Waals surface area contributed by atoms with Crippen molar-refractivity contribution in [3.63, 3.8) is 0 Å². The Labute approximate surface area is 103 Å². The Balaban J connectivity index is 2.18. The third-order valence-corrected chi connectivity index (χ3v) is 2.96. The molecule has 0 aliphatic heterocycles. The molecule has 0 unspecified atom stereocenters. The van der Waals surface area contributed by atoms with Gasteiger partial charge in [-0.3, -0.25) is 9.88 Å². The fourth-order valence-electron chi connectivity index (χ4n) is 1.84. The summed E-state index contributed by atoms with van der Waals surface area (Å²) in [6.07, 6.45) is 0. The highest BCUT2D eigenvalue weighted by molar-refractivity contribution is 5.72. The van der Waals surface area contributed by atoms with Crippen LogP contribution in [0.5, 0.6) is 0 Å². The molecule has 2 rings (SSSR count). The lowest BCUT2D eigenvalue weighted by molar-refractivity contribution is 0.0874. The molecular weight excluding hydrogens is 236 g/mol. The quantitative estimate of drug-likeness (QED) is 0.691. The van der Waals surface area contributed by atoms with Crippen LogP contribution in [0.15, 0.2) is 27.4 Å². The Morgan fingerprint density at radius 1 is 1.39 bits per heavy atom. The summed E-state index contributed by atoms with van der Waals surface area (Å²) in [6, 6.07) is 5.13. The molecular formula is C12H16N2O4. The molecule has 2 aromatic rings. The Morgan fingerprint density at radius 2 is 2.11 bits per heavy atom. The molecule has 0 atom stereocenters. The fourth-order valence-corrected chi connectivity index (χ4v) is 1.84. The summed E-state index contributed by atoms with van der Waals surface area (Å²) in [5.74, 6) is -0.473. The van der Waals surface area contributed by atoms with Gasteiger partial charge in [0.05, 0.1) is 24.8 Å². The van der Waals surface area contributed by atoms with Crippen molar-refractivity contribution < 1.29 is 14.6 Å². The highest BCUT2D eigenvalue weighted by atomic mass is 16.4. The topological polar surface area (TPSA) is 89.7 Å². The summed E-state index contributed by atoms with van der Waals surface area (Å²) in [7, 11) is 1.81. The van der Waals surface area contributed by atoms with Crippen LogP contribution in [-0.4, -0.2) is 46.4 Å². The van der Waals surface area contributed by atoms with E-state index < -0.39 is 5.76 Å². The second-order valence-electron chi connectivity index (χ2n) is 4.28. The van der Waals surface area contributed by atoms with Gasteiger partial charge in [-0.05, 0) is 24.7 Å². The molecule has 0 fully saturated rings. The number of H-pyrrole nitrogens is 1. The Kier molecular flexibility index (Phi) is 3.81. The molecule has 0 spiro atoms. The number of hydrogen-bond donors (Lipinski definition) is 3. The van der Waals surface area contributed by atoms with Crippen LogP contribution in [0.1, 0.15) is 5.56 Å². The number of aliphatic hydroxyl groups excluding tert-OH is 2. The lowest BCUT2D eigenvalue weighted by Gasteiger charge is -2.24. The Hall–Kier alpha value is -1.63. The zero-order valence-corrected chi connectivity index (χ0v) is 10.1. The van der Waals surface area contributed by atoms with Gasteiger partial charge in [-0.15, -0.1) is 0 Å². The molecule has 0 amide bonds. The number of likely N-dealkylation sites (N-methyl/N-ethyl adjacent to an activating group) is 1. The predicted octanol–water partition coefficient (Wildman–Crippen LogP) is -0.0939. The molecule has 18 heavy (non-hydrogen) atoms. The molecule has 98 valence electrons. The lowest BCUT2D eigenvalue weighted by Crippen LogP contribution is -2.37. The van der Waals surface area contributed by atoms with Crippen molar-refractivity contribution in [2.45, 2.75) is 12.6 Å². The molecule has 1 heterocycles. The molecule has 6 heteroatoms. The van der Waals surface area contributed by atoms with E-state index in [-0.39, 0.29) is 19.3 Å². The van der Waals surface area contributed by atoms with Gasteiger partial charge in [-0.1, -0.05) is 6.07 Å². The van der Waals surface area contributed by atoms with E-state index in [2.05, 4.69) is 4.98 Å². The van der Waals surface area contributed by atoms with Gasteiger partial charge in [0.15, 0.2) is 5.58 Å². The van der Waals surface area contributed by atoms with Crippen molar-refractivity contribution in [1.82, 2.24) is 9.88 Å². The summed E-state index contributed by atoms with van der Waals surface area (Å²) in [5, 5.41) is 18.2. The number of rotatable bonds is 5. The lowest BCUT2D eigenvalue weighted by atomic mass is 10.1.